The van der Waals surface area contributed by atoms with Gasteiger partial charge < -0.3 is 10.2 Å². The highest BCUT2D eigenvalue weighted by atomic mass is 19.4. The van der Waals surface area contributed by atoms with Gasteiger partial charge in [-0.2, -0.15) is 13.2 Å². The van der Waals surface area contributed by atoms with Gasteiger partial charge in [0.2, 0.25) is 5.95 Å². The zero-order valence-electron chi connectivity index (χ0n) is 10.5. The standard InChI is InChI=1S/C11H15F3N4O/c1-7-8(11(12,13)14)16-10(17-9(7)19)18-5-2-3-15-4-6-18/h15H,2-6H2,1H3,(H,16,17,19). The Morgan fingerprint density at radius 1 is 1.26 bits per heavy atom. The van der Waals surface area contributed by atoms with E-state index in [1.165, 1.54) is 0 Å². The van der Waals surface area contributed by atoms with E-state index in [2.05, 4.69) is 15.3 Å². The zero-order chi connectivity index (χ0) is 14.0. The summed E-state index contributed by atoms with van der Waals surface area (Å²) in [5.41, 5.74) is -2.25. The topological polar surface area (TPSA) is 61.0 Å². The molecule has 19 heavy (non-hydrogen) atoms. The van der Waals surface area contributed by atoms with Gasteiger partial charge in [0.1, 0.15) is 0 Å². The number of nitrogens with one attached hydrogen (secondary N) is 2. The van der Waals surface area contributed by atoms with Crippen molar-refractivity contribution < 1.29 is 13.2 Å². The lowest BCUT2D eigenvalue weighted by molar-refractivity contribution is -0.141. The van der Waals surface area contributed by atoms with Gasteiger partial charge in [-0.3, -0.25) is 9.78 Å². The van der Waals surface area contributed by atoms with Gasteiger partial charge in [0.15, 0.2) is 5.69 Å². The van der Waals surface area contributed by atoms with Gasteiger partial charge in [0.05, 0.1) is 0 Å². The Bertz CT molecular complexity index is 504. The summed E-state index contributed by atoms with van der Waals surface area (Å²) in [7, 11) is 0. The van der Waals surface area contributed by atoms with Crippen molar-refractivity contribution in [2.45, 2.75) is 19.5 Å². The monoisotopic (exact) mass is 276 g/mol. The average molecular weight is 276 g/mol. The van der Waals surface area contributed by atoms with Crippen LogP contribution >= 0.6 is 0 Å². The molecule has 1 aliphatic heterocycles. The van der Waals surface area contributed by atoms with E-state index in [9.17, 15) is 18.0 Å². The molecule has 5 nitrogen and oxygen atoms in total. The molecule has 0 saturated carbocycles. The van der Waals surface area contributed by atoms with Crippen LogP contribution in [0.1, 0.15) is 17.7 Å². The van der Waals surface area contributed by atoms with Gasteiger partial charge >= 0.3 is 6.18 Å². The van der Waals surface area contributed by atoms with Crippen molar-refractivity contribution in [1.29, 1.82) is 0 Å². The molecule has 2 N–H and O–H groups in total. The SMILES string of the molecule is Cc1c(C(F)(F)F)nc(N2CCCNCC2)[nH]c1=O. The lowest BCUT2D eigenvalue weighted by Crippen LogP contribution is -2.33. The molecular formula is C11H15F3N4O. The minimum atomic E-state index is -4.61. The van der Waals surface area contributed by atoms with Crippen LogP contribution in [-0.4, -0.2) is 36.1 Å². The molecule has 106 valence electrons. The van der Waals surface area contributed by atoms with Crippen LogP contribution in [0.2, 0.25) is 0 Å². The number of halogens is 3. The second kappa shape index (κ2) is 5.20. The molecule has 0 aromatic carbocycles. The van der Waals surface area contributed by atoms with Crippen molar-refractivity contribution in [3.8, 4) is 0 Å². The van der Waals surface area contributed by atoms with Crippen molar-refractivity contribution in [1.82, 2.24) is 15.3 Å². The maximum Gasteiger partial charge on any atom is 0.433 e. The number of anilines is 1. The first-order valence-corrected chi connectivity index (χ1v) is 6.03. The highest BCUT2D eigenvalue weighted by molar-refractivity contribution is 5.34. The van der Waals surface area contributed by atoms with Crippen molar-refractivity contribution in [2.75, 3.05) is 31.1 Å². The highest BCUT2D eigenvalue weighted by Gasteiger charge is 2.36. The van der Waals surface area contributed by atoms with Gasteiger partial charge in [-0.15, -0.1) is 0 Å². The Kier molecular flexibility index (Phi) is 3.79. The van der Waals surface area contributed by atoms with Crippen LogP contribution in [0.15, 0.2) is 4.79 Å². The molecule has 2 rings (SSSR count). The molecule has 0 atom stereocenters. The van der Waals surface area contributed by atoms with Gasteiger partial charge in [-0.25, -0.2) is 4.98 Å². The third-order valence-corrected chi connectivity index (χ3v) is 3.05. The van der Waals surface area contributed by atoms with Crippen molar-refractivity contribution >= 4 is 5.95 Å². The second-order valence-corrected chi connectivity index (χ2v) is 4.45. The van der Waals surface area contributed by atoms with Crippen LogP contribution < -0.4 is 15.8 Å². The first-order valence-electron chi connectivity index (χ1n) is 6.03. The summed E-state index contributed by atoms with van der Waals surface area (Å²) in [4.78, 5) is 19.3. The maximum absolute atomic E-state index is 12.8. The van der Waals surface area contributed by atoms with Crippen LogP contribution in [0.25, 0.3) is 0 Å². The lowest BCUT2D eigenvalue weighted by Gasteiger charge is -2.21. The number of hydrogen-bond donors (Lipinski definition) is 2. The summed E-state index contributed by atoms with van der Waals surface area (Å²) in [6.45, 7) is 3.67. The van der Waals surface area contributed by atoms with Gasteiger partial charge in [0.25, 0.3) is 5.56 Å². The van der Waals surface area contributed by atoms with E-state index in [1.807, 2.05) is 0 Å². The number of aromatic amines is 1. The lowest BCUT2D eigenvalue weighted by atomic mass is 10.2. The molecule has 0 spiro atoms. The Morgan fingerprint density at radius 2 is 2.00 bits per heavy atom. The molecule has 0 amide bonds. The Balaban J connectivity index is 2.41. The molecule has 1 aromatic rings. The number of nitrogens with zero attached hydrogens (tertiary/aromatic N) is 2. The Hall–Kier alpha value is -1.57. The predicted molar refractivity (Wildman–Crippen MR) is 64.3 cm³/mol. The van der Waals surface area contributed by atoms with E-state index in [0.717, 1.165) is 19.9 Å². The Labute approximate surface area is 107 Å². The molecule has 0 radical (unpaired) electrons. The maximum atomic E-state index is 12.8. The normalized spacial score (nSPS) is 17.4. The van der Waals surface area contributed by atoms with Crippen molar-refractivity contribution in [3.05, 3.63) is 21.6 Å². The molecule has 1 fully saturated rings. The van der Waals surface area contributed by atoms with E-state index < -0.39 is 23.0 Å². The van der Waals surface area contributed by atoms with Gasteiger partial charge in [-0.1, -0.05) is 0 Å². The number of aromatic nitrogens is 2. The van der Waals surface area contributed by atoms with Crippen LogP contribution in [0.3, 0.4) is 0 Å². The fourth-order valence-corrected chi connectivity index (χ4v) is 2.00. The minimum Gasteiger partial charge on any atom is -0.341 e. The smallest absolute Gasteiger partial charge is 0.341 e. The Morgan fingerprint density at radius 3 is 2.68 bits per heavy atom. The van der Waals surface area contributed by atoms with Gasteiger partial charge in [-0.05, 0) is 19.9 Å². The first kappa shape index (κ1) is 13.9. The molecule has 2 heterocycles. The van der Waals surface area contributed by atoms with E-state index in [0.29, 0.717) is 19.6 Å². The first-order chi connectivity index (χ1) is 8.89. The summed E-state index contributed by atoms with van der Waals surface area (Å²) in [5, 5.41) is 3.13. The van der Waals surface area contributed by atoms with Crippen LogP contribution in [-0.2, 0) is 6.18 Å². The minimum absolute atomic E-state index is 0.00775. The molecule has 0 bridgehead atoms. The predicted octanol–water partition coefficient (Wildman–Crippen LogP) is 0.897. The molecule has 1 saturated heterocycles. The summed E-state index contributed by atoms with van der Waals surface area (Å²) in [6.07, 6.45) is -3.82. The van der Waals surface area contributed by atoms with Crippen LogP contribution in [0.4, 0.5) is 19.1 Å². The second-order valence-electron chi connectivity index (χ2n) is 4.45. The van der Waals surface area contributed by atoms with Crippen LogP contribution in [0.5, 0.6) is 0 Å². The molecule has 1 aliphatic rings. The molecule has 1 aromatic heterocycles. The third kappa shape index (κ3) is 3.06. The number of H-pyrrole nitrogens is 1. The summed E-state index contributed by atoms with van der Waals surface area (Å²) < 4.78 is 38.4. The van der Waals surface area contributed by atoms with E-state index in [-0.39, 0.29) is 5.95 Å². The van der Waals surface area contributed by atoms with E-state index in [4.69, 9.17) is 0 Å². The number of alkyl halides is 3. The highest BCUT2D eigenvalue weighted by Crippen LogP contribution is 2.29. The fraction of sp³-hybridized carbons (Fsp3) is 0.636. The number of hydrogen-bond acceptors (Lipinski definition) is 4. The quantitative estimate of drug-likeness (QED) is 0.800. The fourth-order valence-electron chi connectivity index (χ4n) is 2.00. The largest absolute Gasteiger partial charge is 0.433 e. The molecule has 0 unspecified atom stereocenters. The van der Waals surface area contributed by atoms with Crippen LogP contribution in [0, 0.1) is 6.92 Å². The van der Waals surface area contributed by atoms with Gasteiger partial charge in [0, 0.05) is 25.2 Å². The third-order valence-electron chi connectivity index (χ3n) is 3.05. The molecular weight excluding hydrogens is 261 g/mol. The summed E-state index contributed by atoms with van der Waals surface area (Å²) >= 11 is 0. The molecule has 8 heteroatoms. The summed E-state index contributed by atoms with van der Waals surface area (Å²) in [5.74, 6) is -0.00775. The number of rotatable bonds is 1. The van der Waals surface area contributed by atoms with Crippen molar-refractivity contribution in [2.24, 2.45) is 0 Å². The van der Waals surface area contributed by atoms with E-state index >= 15 is 0 Å². The van der Waals surface area contributed by atoms with E-state index in [1.54, 1.807) is 4.90 Å². The zero-order valence-corrected chi connectivity index (χ0v) is 10.5. The average Bonchev–Trinajstić information content (AvgIpc) is 2.59. The molecule has 0 aliphatic carbocycles. The summed E-state index contributed by atoms with van der Waals surface area (Å²) in [6, 6.07) is 0. The van der Waals surface area contributed by atoms with Crippen molar-refractivity contribution in [3.63, 3.8) is 0 Å².